The number of halogens is 2. The molecule has 8 nitrogen and oxygen atoms in total. The van der Waals surface area contributed by atoms with E-state index in [0.717, 1.165) is 38.9 Å². The van der Waals surface area contributed by atoms with Gasteiger partial charge in [-0.05, 0) is 114 Å². The SMILES string of the molecule is C[C@@H](Cc1ccc(-c2ccc(C#N)cc2)cc1)NC(=O)C1Cc2cc3c(cc2CN1CC#Cc1ccccc1)O[C@@H](c1ccc(OCc2ccc(Cl)c(Cl)c2)cc1)C(=O)N3. The molecule has 6 aromatic carbocycles. The molecule has 0 saturated carbocycles. The van der Waals surface area contributed by atoms with Crippen molar-refractivity contribution < 1.29 is 19.1 Å². The van der Waals surface area contributed by atoms with Crippen molar-refractivity contribution in [2.45, 2.75) is 51.1 Å². The van der Waals surface area contributed by atoms with Crippen molar-refractivity contribution in [3.8, 4) is 40.5 Å². The van der Waals surface area contributed by atoms with Crippen LogP contribution in [0, 0.1) is 23.2 Å². The van der Waals surface area contributed by atoms with Crippen LogP contribution in [-0.4, -0.2) is 35.3 Å². The second-order valence-corrected chi connectivity index (χ2v) is 15.8. The molecule has 2 aliphatic rings. The number of carbonyl (C=O) groups is 2. The van der Waals surface area contributed by atoms with E-state index in [2.05, 4.69) is 57.7 Å². The topological polar surface area (TPSA) is 104 Å². The molecule has 0 aliphatic carbocycles. The summed E-state index contributed by atoms with van der Waals surface area (Å²) in [6.45, 7) is 3.18. The lowest BCUT2D eigenvalue weighted by atomic mass is 9.91. The molecule has 2 N–H and O–H groups in total. The third-order valence-electron chi connectivity index (χ3n) is 10.7. The highest BCUT2D eigenvalue weighted by Gasteiger charge is 2.35. The predicted molar refractivity (Wildman–Crippen MR) is 235 cm³/mol. The lowest BCUT2D eigenvalue weighted by Crippen LogP contribution is -2.52. The second-order valence-electron chi connectivity index (χ2n) is 15.0. The van der Waals surface area contributed by atoms with Crippen LogP contribution in [0.15, 0.2) is 133 Å². The van der Waals surface area contributed by atoms with E-state index < -0.39 is 12.1 Å². The fourth-order valence-corrected chi connectivity index (χ4v) is 7.82. The standard InChI is InChI=1S/C50H40Cl2N4O4/c1-32(24-34-9-14-37(15-10-34)38-16-11-35(29-53)12-17-38)54-49(57)46-27-40-26-45-47(28-41(40)30-56(46)23-5-8-33-6-3-2-4-7-33)60-48(50(58)55-45)39-18-20-42(21-19-39)59-31-36-13-22-43(51)44(52)25-36/h2-4,6-7,9-22,25-26,28,32,46,48H,23-24,27,30-31H2,1H3,(H,54,57)(H,55,58)/t32-,46?,48-/m0/s1. The van der Waals surface area contributed by atoms with E-state index in [1.54, 1.807) is 24.3 Å². The molecule has 0 fully saturated rings. The van der Waals surface area contributed by atoms with Gasteiger partial charge in [0.2, 0.25) is 12.0 Å². The molecule has 8 rings (SSSR count). The van der Waals surface area contributed by atoms with Crippen molar-refractivity contribution in [2.24, 2.45) is 0 Å². The first-order chi connectivity index (χ1) is 29.2. The normalized spacial score (nSPS) is 16.1. The quantitative estimate of drug-likeness (QED) is 0.133. The van der Waals surface area contributed by atoms with Gasteiger partial charge in [-0.1, -0.05) is 108 Å². The first-order valence-corrected chi connectivity index (χ1v) is 20.4. The number of hydrogen-bond acceptors (Lipinski definition) is 6. The summed E-state index contributed by atoms with van der Waals surface area (Å²) in [4.78, 5) is 29.7. The minimum absolute atomic E-state index is 0.0775. The molecule has 3 atom stereocenters. The minimum atomic E-state index is -0.858. The highest BCUT2D eigenvalue weighted by Crippen LogP contribution is 2.40. The summed E-state index contributed by atoms with van der Waals surface area (Å²) in [5.74, 6) is 7.38. The van der Waals surface area contributed by atoms with Gasteiger partial charge < -0.3 is 20.1 Å². The molecule has 0 spiro atoms. The number of fused-ring (bicyclic) bond motifs is 2. The van der Waals surface area contributed by atoms with Crippen LogP contribution in [0.5, 0.6) is 11.5 Å². The number of carbonyl (C=O) groups excluding carboxylic acids is 2. The van der Waals surface area contributed by atoms with Crippen LogP contribution in [0.1, 0.15) is 52.0 Å². The molecule has 10 heteroatoms. The summed E-state index contributed by atoms with van der Waals surface area (Å²) >= 11 is 12.2. The summed E-state index contributed by atoms with van der Waals surface area (Å²) in [7, 11) is 0. The molecule has 0 aromatic heterocycles. The molecule has 0 bridgehead atoms. The Hall–Kier alpha value is -6.55. The van der Waals surface area contributed by atoms with Crippen molar-refractivity contribution >= 4 is 40.7 Å². The molecule has 2 aliphatic heterocycles. The largest absolute Gasteiger partial charge is 0.489 e. The maximum Gasteiger partial charge on any atom is 0.270 e. The van der Waals surface area contributed by atoms with Crippen LogP contribution in [-0.2, 0) is 35.6 Å². The smallest absolute Gasteiger partial charge is 0.270 e. The Morgan fingerprint density at radius 1 is 0.867 bits per heavy atom. The summed E-state index contributed by atoms with van der Waals surface area (Å²) in [5, 5.41) is 16.4. The molecule has 298 valence electrons. The number of ether oxygens (including phenoxy) is 2. The predicted octanol–water partition coefficient (Wildman–Crippen LogP) is 9.71. The van der Waals surface area contributed by atoms with Gasteiger partial charge in [0.05, 0.1) is 40.0 Å². The molecular formula is C50H40Cl2N4O4. The third-order valence-corrected chi connectivity index (χ3v) is 11.4. The summed E-state index contributed by atoms with van der Waals surface area (Å²) in [6, 6.07) is 43.7. The van der Waals surface area contributed by atoms with Gasteiger partial charge in [-0.25, -0.2) is 0 Å². The Kier molecular flexibility index (Phi) is 12.2. The monoisotopic (exact) mass is 830 g/mol. The zero-order valence-electron chi connectivity index (χ0n) is 32.8. The number of hydrogen-bond donors (Lipinski definition) is 2. The van der Waals surface area contributed by atoms with E-state index in [-0.39, 0.29) is 17.9 Å². The highest BCUT2D eigenvalue weighted by atomic mass is 35.5. The Morgan fingerprint density at radius 3 is 2.30 bits per heavy atom. The van der Waals surface area contributed by atoms with Gasteiger partial charge in [-0.2, -0.15) is 5.26 Å². The zero-order chi connectivity index (χ0) is 41.6. The Labute approximate surface area is 359 Å². The van der Waals surface area contributed by atoms with Crippen LogP contribution in [0.3, 0.4) is 0 Å². The zero-order valence-corrected chi connectivity index (χ0v) is 34.3. The molecule has 0 saturated heterocycles. The van der Waals surface area contributed by atoms with Crippen molar-refractivity contribution in [3.05, 3.63) is 182 Å². The average molecular weight is 832 g/mol. The number of benzene rings is 6. The van der Waals surface area contributed by atoms with Crippen molar-refractivity contribution in [1.82, 2.24) is 10.2 Å². The summed E-state index contributed by atoms with van der Waals surface area (Å²) < 4.78 is 12.3. The molecule has 2 amide bonds. The van der Waals surface area contributed by atoms with E-state index in [1.807, 2.05) is 91.9 Å². The Balaban J connectivity index is 0.955. The summed E-state index contributed by atoms with van der Waals surface area (Å²) in [5.41, 5.74) is 8.85. The maximum absolute atomic E-state index is 14.1. The van der Waals surface area contributed by atoms with Crippen LogP contribution in [0.25, 0.3) is 11.1 Å². The molecule has 2 heterocycles. The van der Waals surface area contributed by atoms with E-state index in [9.17, 15) is 9.59 Å². The number of amides is 2. The second kappa shape index (κ2) is 18.2. The third kappa shape index (κ3) is 9.49. The first-order valence-electron chi connectivity index (χ1n) is 19.7. The molecule has 6 aromatic rings. The molecular weight excluding hydrogens is 791 g/mol. The van der Waals surface area contributed by atoms with E-state index in [4.69, 9.17) is 37.9 Å². The van der Waals surface area contributed by atoms with Crippen molar-refractivity contribution in [1.29, 1.82) is 5.26 Å². The average Bonchev–Trinajstić information content (AvgIpc) is 3.26. The van der Waals surface area contributed by atoms with Crippen LogP contribution in [0.4, 0.5) is 5.69 Å². The lowest BCUT2D eigenvalue weighted by Gasteiger charge is -2.36. The minimum Gasteiger partial charge on any atom is -0.489 e. The molecule has 1 unspecified atom stereocenters. The van der Waals surface area contributed by atoms with Crippen molar-refractivity contribution in [3.63, 3.8) is 0 Å². The van der Waals surface area contributed by atoms with Gasteiger partial charge in [-0.15, -0.1) is 0 Å². The number of nitriles is 1. The van der Waals surface area contributed by atoms with Crippen LogP contribution >= 0.6 is 23.2 Å². The van der Waals surface area contributed by atoms with Gasteiger partial charge in [-0.3, -0.25) is 14.5 Å². The number of rotatable bonds is 10. The lowest BCUT2D eigenvalue weighted by molar-refractivity contribution is -0.127. The Morgan fingerprint density at radius 2 is 1.58 bits per heavy atom. The molecule has 0 radical (unpaired) electrons. The van der Waals surface area contributed by atoms with Gasteiger partial charge in [0, 0.05) is 23.7 Å². The van der Waals surface area contributed by atoms with E-state index in [0.29, 0.717) is 70.9 Å². The Bertz CT molecular complexity index is 2630. The van der Waals surface area contributed by atoms with E-state index in [1.165, 1.54) is 0 Å². The highest BCUT2D eigenvalue weighted by molar-refractivity contribution is 6.42. The van der Waals surface area contributed by atoms with Gasteiger partial charge in [0.25, 0.3) is 5.91 Å². The number of nitrogens with one attached hydrogen (secondary N) is 2. The van der Waals surface area contributed by atoms with Gasteiger partial charge in [0.1, 0.15) is 18.1 Å². The van der Waals surface area contributed by atoms with Crippen LogP contribution in [0.2, 0.25) is 10.0 Å². The number of nitrogens with zero attached hydrogens (tertiary/aromatic N) is 2. The first kappa shape index (κ1) is 40.2. The number of anilines is 1. The van der Waals surface area contributed by atoms with Gasteiger partial charge >= 0.3 is 0 Å². The molecule has 60 heavy (non-hydrogen) atoms. The van der Waals surface area contributed by atoms with Crippen molar-refractivity contribution in [2.75, 3.05) is 11.9 Å². The maximum atomic E-state index is 14.1. The fraction of sp³-hybridized carbons (Fsp3) is 0.180. The van der Waals surface area contributed by atoms with E-state index >= 15 is 0 Å². The van der Waals surface area contributed by atoms with Crippen LogP contribution < -0.4 is 20.1 Å². The summed E-state index contributed by atoms with van der Waals surface area (Å²) in [6.07, 6.45) is 0.239. The fourth-order valence-electron chi connectivity index (χ4n) is 7.50. The van der Waals surface area contributed by atoms with Gasteiger partial charge in [0.15, 0.2) is 0 Å².